The van der Waals surface area contributed by atoms with Crippen LogP contribution < -0.4 is 4.90 Å². The second kappa shape index (κ2) is 8.43. The van der Waals surface area contributed by atoms with Crippen molar-refractivity contribution in [2.75, 3.05) is 37.7 Å². The maximum absolute atomic E-state index is 13.1. The van der Waals surface area contributed by atoms with E-state index in [9.17, 15) is 9.59 Å². The van der Waals surface area contributed by atoms with Crippen molar-refractivity contribution < 1.29 is 14.3 Å². The van der Waals surface area contributed by atoms with Crippen molar-refractivity contribution in [3.63, 3.8) is 0 Å². The quantitative estimate of drug-likeness (QED) is 0.596. The summed E-state index contributed by atoms with van der Waals surface area (Å²) in [6, 6.07) is 5.54. The number of carbonyl (C=O) groups excluding carboxylic acids is 2. The highest BCUT2D eigenvalue weighted by Crippen LogP contribution is 2.29. The number of aromatic nitrogens is 3. The summed E-state index contributed by atoms with van der Waals surface area (Å²) in [5.74, 6) is 0.516. The van der Waals surface area contributed by atoms with E-state index in [1.165, 1.54) is 11.3 Å². The van der Waals surface area contributed by atoms with Crippen LogP contribution in [0.5, 0.6) is 0 Å². The van der Waals surface area contributed by atoms with Gasteiger partial charge in [-0.15, -0.1) is 11.3 Å². The molecule has 30 heavy (non-hydrogen) atoms. The molecule has 9 heteroatoms. The van der Waals surface area contributed by atoms with Crippen molar-refractivity contribution in [2.24, 2.45) is 7.05 Å². The molecule has 3 aromatic heterocycles. The Labute approximate surface area is 179 Å². The molecule has 1 aliphatic rings. The van der Waals surface area contributed by atoms with Crippen molar-refractivity contribution in [2.45, 2.75) is 20.3 Å². The van der Waals surface area contributed by atoms with Crippen molar-refractivity contribution in [1.29, 1.82) is 0 Å². The maximum atomic E-state index is 13.1. The van der Waals surface area contributed by atoms with Gasteiger partial charge in [0, 0.05) is 44.8 Å². The van der Waals surface area contributed by atoms with E-state index in [1.807, 2.05) is 35.7 Å². The van der Waals surface area contributed by atoms with Crippen molar-refractivity contribution in [3.05, 3.63) is 40.5 Å². The third kappa shape index (κ3) is 3.89. The van der Waals surface area contributed by atoms with Gasteiger partial charge in [0.25, 0.3) is 5.91 Å². The van der Waals surface area contributed by atoms with Crippen LogP contribution in [0, 0.1) is 6.92 Å². The van der Waals surface area contributed by atoms with E-state index in [4.69, 9.17) is 4.74 Å². The number of carbonyl (C=O) groups is 2. The summed E-state index contributed by atoms with van der Waals surface area (Å²) in [4.78, 5) is 35.2. The predicted octanol–water partition coefficient (Wildman–Crippen LogP) is 2.87. The Morgan fingerprint density at radius 1 is 1.20 bits per heavy atom. The van der Waals surface area contributed by atoms with E-state index in [0.717, 1.165) is 39.6 Å². The Balaban J connectivity index is 1.43. The largest absolute Gasteiger partial charge is 0.462 e. The van der Waals surface area contributed by atoms with E-state index in [0.29, 0.717) is 31.8 Å². The van der Waals surface area contributed by atoms with Gasteiger partial charge in [-0.2, -0.15) is 5.10 Å². The van der Waals surface area contributed by atoms with Crippen molar-refractivity contribution >= 4 is 39.2 Å². The summed E-state index contributed by atoms with van der Waals surface area (Å²) >= 11 is 1.50. The fraction of sp³-hybridized carbons (Fsp3) is 0.429. The Morgan fingerprint density at radius 3 is 2.73 bits per heavy atom. The molecule has 0 unspecified atom stereocenters. The number of amides is 1. The lowest BCUT2D eigenvalue weighted by Gasteiger charge is -2.22. The number of hydrogen-bond donors (Lipinski definition) is 0. The second-order valence-corrected chi connectivity index (χ2v) is 8.33. The number of pyridine rings is 1. The van der Waals surface area contributed by atoms with Gasteiger partial charge in [0.05, 0.1) is 22.7 Å². The van der Waals surface area contributed by atoms with Crippen LogP contribution in [0.15, 0.2) is 24.4 Å². The Hall–Kier alpha value is -2.94. The Bertz CT molecular complexity index is 1040. The molecule has 0 N–H and O–H groups in total. The van der Waals surface area contributed by atoms with Crippen LogP contribution >= 0.6 is 11.3 Å². The minimum absolute atomic E-state index is 0.0723. The summed E-state index contributed by atoms with van der Waals surface area (Å²) in [5, 5.41) is 5.46. The molecule has 1 saturated heterocycles. The first-order valence-electron chi connectivity index (χ1n) is 10.1. The van der Waals surface area contributed by atoms with Crippen LogP contribution in [-0.2, 0) is 11.8 Å². The molecule has 0 radical (unpaired) electrons. The smallest absolute Gasteiger partial charge is 0.339 e. The number of anilines is 1. The average molecular weight is 428 g/mol. The molecule has 0 aromatic carbocycles. The van der Waals surface area contributed by atoms with Crippen LogP contribution in [0.25, 0.3) is 10.2 Å². The molecule has 1 amide bonds. The molecule has 158 valence electrons. The summed E-state index contributed by atoms with van der Waals surface area (Å²) in [6.07, 6.45) is 2.41. The van der Waals surface area contributed by atoms with Gasteiger partial charge in [0.1, 0.15) is 10.6 Å². The van der Waals surface area contributed by atoms with E-state index in [2.05, 4.69) is 15.0 Å². The molecule has 0 bridgehead atoms. The summed E-state index contributed by atoms with van der Waals surface area (Å²) in [7, 11) is 1.91. The zero-order valence-electron chi connectivity index (χ0n) is 17.4. The summed E-state index contributed by atoms with van der Waals surface area (Å²) < 4.78 is 6.84. The molecule has 1 aliphatic heterocycles. The highest BCUT2D eigenvalue weighted by atomic mass is 32.1. The van der Waals surface area contributed by atoms with Gasteiger partial charge in [0.15, 0.2) is 0 Å². The fourth-order valence-corrected chi connectivity index (χ4v) is 4.82. The Kier molecular flexibility index (Phi) is 5.72. The molecular weight excluding hydrogens is 402 g/mol. The lowest BCUT2D eigenvalue weighted by atomic mass is 10.2. The van der Waals surface area contributed by atoms with Crippen LogP contribution in [-0.4, -0.2) is 64.3 Å². The Morgan fingerprint density at radius 2 is 2.03 bits per heavy atom. The molecule has 3 aromatic rings. The number of hydrogen-bond acceptors (Lipinski definition) is 7. The van der Waals surface area contributed by atoms with Crippen LogP contribution in [0.2, 0.25) is 0 Å². The normalized spacial score (nSPS) is 14.8. The number of rotatable bonds is 4. The molecule has 0 spiro atoms. The molecular formula is C21H25N5O3S. The second-order valence-electron chi connectivity index (χ2n) is 7.30. The van der Waals surface area contributed by atoms with Gasteiger partial charge in [-0.1, -0.05) is 0 Å². The van der Waals surface area contributed by atoms with Crippen LogP contribution in [0.4, 0.5) is 5.82 Å². The standard InChI is InChI=1S/C21H25N5O3S/c1-4-29-21(28)15-6-7-18(22-13-15)25-8-5-9-26(11-10-25)19(27)17-12-16-14(2)23-24(3)20(16)30-17/h6-7,12-13H,4-5,8-11H2,1-3H3. The third-order valence-corrected chi connectivity index (χ3v) is 6.46. The lowest BCUT2D eigenvalue weighted by molar-refractivity contribution is 0.0525. The third-order valence-electron chi connectivity index (χ3n) is 5.27. The van der Waals surface area contributed by atoms with Gasteiger partial charge < -0.3 is 14.5 Å². The van der Waals surface area contributed by atoms with Crippen LogP contribution in [0.1, 0.15) is 39.1 Å². The summed E-state index contributed by atoms with van der Waals surface area (Å²) in [6.45, 7) is 6.93. The number of fused-ring (bicyclic) bond motifs is 1. The van der Waals surface area contributed by atoms with Gasteiger partial charge in [-0.3, -0.25) is 9.48 Å². The first-order valence-corrected chi connectivity index (χ1v) is 10.9. The zero-order valence-corrected chi connectivity index (χ0v) is 18.2. The van der Waals surface area contributed by atoms with Gasteiger partial charge in [-0.05, 0) is 38.5 Å². The fourth-order valence-electron chi connectivity index (χ4n) is 3.72. The van der Waals surface area contributed by atoms with Gasteiger partial charge >= 0.3 is 5.97 Å². The van der Waals surface area contributed by atoms with E-state index in [1.54, 1.807) is 19.2 Å². The average Bonchev–Trinajstić information content (AvgIpc) is 3.19. The molecule has 4 heterocycles. The lowest BCUT2D eigenvalue weighted by Crippen LogP contribution is -2.35. The van der Waals surface area contributed by atoms with E-state index >= 15 is 0 Å². The van der Waals surface area contributed by atoms with Crippen LogP contribution in [0.3, 0.4) is 0 Å². The molecule has 1 fully saturated rings. The molecule has 0 saturated carbocycles. The van der Waals surface area contributed by atoms with Gasteiger partial charge in [-0.25, -0.2) is 9.78 Å². The molecule has 0 atom stereocenters. The first kappa shape index (κ1) is 20.3. The number of nitrogens with zero attached hydrogens (tertiary/aromatic N) is 5. The number of thiophene rings is 1. The minimum Gasteiger partial charge on any atom is -0.462 e. The molecule has 8 nitrogen and oxygen atoms in total. The number of esters is 1. The monoisotopic (exact) mass is 427 g/mol. The topological polar surface area (TPSA) is 80.6 Å². The predicted molar refractivity (Wildman–Crippen MR) is 116 cm³/mol. The summed E-state index contributed by atoms with van der Waals surface area (Å²) in [5.41, 5.74) is 1.39. The van der Waals surface area contributed by atoms with Crippen molar-refractivity contribution in [3.8, 4) is 0 Å². The van der Waals surface area contributed by atoms with Crippen molar-refractivity contribution in [1.82, 2.24) is 19.7 Å². The first-order chi connectivity index (χ1) is 14.5. The SMILES string of the molecule is CCOC(=O)c1ccc(N2CCCN(C(=O)c3cc4c(C)nn(C)c4s3)CC2)nc1. The highest BCUT2D eigenvalue weighted by molar-refractivity contribution is 7.20. The van der Waals surface area contributed by atoms with E-state index in [-0.39, 0.29) is 11.9 Å². The maximum Gasteiger partial charge on any atom is 0.339 e. The number of ether oxygens (including phenoxy) is 1. The molecule has 4 rings (SSSR count). The number of aryl methyl sites for hydroxylation is 2. The van der Waals surface area contributed by atoms with Gasteiger partial charge in [0.2, 0.25) is 0 Å². The minimum atomic E-state index is -0.363. The molecule has 0 aliphatic carbocycles. The zero-order chi connectivity index (χ0) is 21.3. The van der Waals surface area contributed by atoms with E-state index < -0.39 is 0 Å². The highest BCUT2D eigenvalue weighted by Gasteiger charge is 2.24.